The van der Waals surface area contributed by atoms with Gasteiger partial charge in [-0.1, -0.05) is 0 Å². The third-order valence-electron chi connectivity index (χ3n) is 0.549. The molecule has 52 valence electrons. The Morgan fingerprint density at radius 1 is 1.44 bits per heavy atom. The minimum atomic E-state index is -0.853. The molecule has 0 radical (unpaired) electrons. The topological polar surface area (TPSA) is 92.5 Å². The van der Waals surface area contributed by atoms with Gasteiger partial charge < -0.3 is 16.4 Å². The van der Waals surface area contributed by atoms with Crippen LogP contribution in [0.1, 0.15) is 12.8 Å². The fourth-order valence-electron chi connectivity index (χ4n) is 0.230. The molecule has 0 heterocycles. The van der Waals surface area contributed by atoms with Crippen molar-refractivity contribution < 1.29 is 15.0 Å². The van der Waals surface area contributed by atoms with Crippen LogP contribution in [0.3, 0.4) is 0 Å². The van der Waals surface area contributed by atoms with E-state index in [0.29, 0.717) is 6.42 Å². The van der Waals surface area contributed by atoms with Crippen LogP contribution in [0, 0.1) is 0 Å². The van der Waals surface area contributed by atoms with Gasteiger partial charge in [-0.15, -0.1) is 0 Å². The van der Waals surface area contributed by atoms with Crippen LogP contribution < -0.4 is 6.15 Å². The predicted octanol–water partition coefficient (Wildman–Crippen LogP) is -0.643. The van der Waals surface area contributed by atoms with E-state index in [1.807, 2.05) is 0 Å². The van der Waals surface area contributed by atoms with Gasteiger partial charge in [0.25, 0.3) is 0 Å². The Balaban J connectivity index is -0.000000180. The van der Waals surface area contributed by atoms with Gasteiger partial charge in [0.15, 0.2) is 0 Å². The summed E-state index contributed by atoms with van der Waals surface area (Å²) < 4.78 is 0. The van der Waals surface area contributed by atoms with Crippen molar-refractivity contribution in [3.05, 3.63) is 0 Å². The Morgan fingerprint density at radius 3 is 2.00 bits per heavy atom. The third-order valence-corrected chi connectivity index (χ3v) is 0.549. The molecule has 0 spiro atoms. The summed E-state index contributed by atoms with van der Waals surface area (Å²) in [6.45, 7) is -0.0354. The molecule has 0 unspecified atom stereocenters. The molecule has 0 bridgehead atoms. The molecule has 4 nitrogen and oxygen atoms in total. The van der Waals surface area contributed by atoms with Crippen LogP contribution in [0.2, 0.25) is 0 Å². The van der Waals surface area contributed by atoms with E-state index >= 15 is 0 Å². The Labute approximate surface area is 76.1 Å². The van der Waals surface area contributed by atoms with Crippen LogP contribution in [0.4, 0.5) is 0 Å². The molecule has 0 amide bonds. The van der Waals surface area contributed by atoms with Crippen molar-refractivity contribution in [2.75, 3.05) is 6.61 Å². The Morgan fingerprint density at radius 2 is 1.89 bits per heavy atom. The molecule has 0 fully saturated rings. The van der Waals surface area contributed by atoms with E-state index in [-0.39, 0.29) is 48.7 Å². The number of rotatable bonds is 3. The number of hydrogen-bond donors (Lipinski definition) is 3. The number of aliphatic hydroxyl groups excluding tert-OH is 1. The molecule has 0 rings (SSSR count). The molecule has 0 saturated carbocycles. The predicted molar refractivity (Wildman–Crippen MR) is 36.1 cm³/mol. The van der Waals surface area contributed by atoms with E-state index in [1.54, 1.807) is 0 Å². The van der Waals surface area contributed by atoms with E-state index in [4.69, 9.17) is 10.2 Å². The summed E-state index contributed by atoms with van der Waals surface area (Å²) in [4.78, 5) is 9.65. The molecule has 0 saturated heterocycles. The summed E-state index contributed by atoms with van der Waals surface area (Å²) >= 11 is 0. The van der Waals surface area contributed by atoms with Crippen LogP contribution in [-0.2, 0) is 4.79 Å². The second-order valence-electron chi connectivity index (χ2n) is 1.22. The van der Waals surface area contributed by atoms with Crippen LogP contribution in [0.25, 0.3) is 0 Å². The van der Waals surface area contributed by atoms with Crippen molar-refractivity contribution in [2.45, 2.75) is 12.8 Å². The maximum atomic E-state index is 9.65. The van der Waals surface area contributed by atoms with Crippen LogP contribution >= 0.6 is 0 Å². The zero-order valence-corrected chi connectivity index (χ0v) is 4.63. The van der Waals surface area contributed by atoms with Crippen LogP contribution in [0.5, 0.6) is 0 Å². The van der Waals surface area contributed by atoms with Crippen molar-refractivity contribution in [1.29, 1.82) is 0 Å². The molecular formula is C4H12NNaO3. The number of carbonyl (C=O) groups is 1. The van der Waals surface area contributed by atoms with Crippen LogP contribution in [0.15, 0.2) is 0 Å². The van der Waals surface area contributed by atoms with Crippen molar-refractivity contribution >= 4 is 35.5 Å². The first-order valence-electron chi connectivity index (χ1n) is 2.10. The fourth-order valence-corrected chi connectivity index (χ4v) is 0.230. The van der Waals surface area contributed by atoms with E-state index in [9.17, 15) is 4.79 Å². The van der Waals surface area contributed by atoms with Crippen molar-refractivity contribution in [3.63, 3.8) is 0 Å². The number of carboxylic acid groups (broad SMARTS) is 1. The Kier molecular flexibility index (Phi) is 20.2. The Bertz CT molecular complexity index is 68.8. The first-order chi connectivity index (χ1) is 3.27. The summed E-state index contributed by atoms with van der Waals surface area (Å²) in [6, 6.07) is 0. The molecule has 0 aliphatic rings. The molecule has 5 heteroatoms. The summed E-state index contributed by atoms with van der Waals surface area (Å²) in [5, 5.41) is 16.0. The summed E-state index contributed by atoms with van der Waals surface area (Å²) in [6.07, 6.45) is 0.422. The van der Waals surface area contributed by atoms with Crippen molar-refractivity contribution in [1.82, 2.24) is 6.15 Å². The third kappa shape index (κ3) is 17.8. The van der Waals surface area contributed by atoms with Crippen molar-refractivity contribution in [3.8, 4) is 0 Å². The summed E-state index contributed by atoms with van der Waals surface area (Å²) in [5.74, 6) is -0.853. The van der Waals surface area contributed by atoms with E-state index < -0.39 is 5.97 Å². The molecule has 0 aliphatic carbocycles. The van der Waals surface area contributed by atoms with E-state index in [0.717, 1.165) is 0 Å². The number of hydrogen-bond acceptors (Lipinski definition) is 3. The van der Waals surface area contributed by atoms with E-state index in [1.165, 1.54) is 0 Å². The average molecular weight is 145 g/mol. The first kappa shape index (κ1) is 16.2. The van der Waals surface area contributed by atoms with Gasteiger partial charge in [-0.2, -0.15) is 0 Å². The second-order valence-corrected chi connectivity index (χ2v) is 1.22. The molecule has 0 aromatic rings. The molecule has 0 aromatic carbocycles. The summed E-state index contributed by atoms with van der Waals surface area (Å²) in [7, 11) is 0. The standard InChI is InChI=1S/C4H8O3.H3N.Na.H/c5-3-1-2-4(6)7;;;/h5H,1-3H2,(H,6,7);1H3;;. The van der Waals surface area contributed by atoms with Gasteiger partial charge in [0.1, 0.15) is 0 Å². The molecule has 9 heavy (non-hydrogen) atoms. The van der Waals surface area contributed by atoms with Crippen LogP contribution in [-0.4, -0.2) is 52.3 Å². The Hall–Kier alpha value is 0.390. The zero-order valence-electron chi connectivity index (χ0n) is 4.63. The fraction of sp³-hybridized carbons (Fsp3) is 0.750. The maximum absolute atomic E-state index is 9.65. The SMILES string of the molecule is N.O=C(O)CCCO.[NaH]. The number of aliphatic hydroxyl groups is 1. The zero-order chi connectivity index (χ0) is 5.70. The second kappa shape index (κ2) is 11.2. The van der Waals surface area contributed by atoms with Gasteiger partial charge in [-0.25, -0.2) is 0 Å². The molecular weight excluding hydrogens is 133 g/mol. The average Bonchev–Trinajstić information content (AvgIpc) is 1.61. The molecule has 5 N–H and O–H groups in total. The number of carboxylic acids is 1. The van der Waals surface area contributed by atoms with Crippen molar-refractivity contribution in [2.24, 2.45) is 0 Å². The van der Waals surface area contributed by atoms with Gasteiger partial charge in [0.05, 0.1) is 0 Å². The minimum absolute atomic E-state index is 0. The first-order valence-corrected chi connectivity index (χ1v) is 2.10. The van der Waals surface area contributed by atoms with Gasteiger partial charge >= 0.3 is 35.5 Å². The normalized spacial score (nSPS) is 6.78. The monoisotopic (exact) mass is 145 g/mol. The molecule has 0 aliphatic heterocycles. The summed E-state index contributed by atoms with van der Waals surface area (Å²) in [5.41, 5.74) is 0. The quantitative estimate of drug-likeness (QED) is 0.460. The van der Waals surface area contributed by atoms with Gasteiger partial charge in [-0.3, -0.25) is 4.79 Å². The van der Waals surface area contributed by atoms with Gasteiger partial charge in [0, 0.05) is 13.0 Å². The van der Waals surface area contributed by atoms with Gasteiger partial charge in [-0.05, 0) is 6.42 Å². The molecule has 0 aromatic heterocycles. The van der Waals surface area contributed by atoms with Gasteiger partial charge in [0.2, 0.25) is 0 Å². The molecule has 0 atom stereocenters. The number of aliphatic carboxylic acids is 1. The van der Waals surface area contributed by atoms with E-state index in [2.05, 4.69) is 0 Å².